The van der Waals surface area contributed by atoms with Crippen molar-refractivity contribution < 1.29 is 9.84 Å². The van der Waals surface area contributed by atoms with Crippen molar-refractivity contribution in [3.63, 3.8) is 0 Å². The van der Waals surface area contributed by atoms with E-state index in [2.05, 4.69) is 46.3 Å². The summed E-state index contributed by atoms with van der Waals surface area (Å²) in [6.45, 7) is 1.92. The molecule has 34 heavy (non-hydrogen) atoms. The minimum atomic E-state index is -0.576. The molecule has 2 heterocycles. The Balaban J connectivity index is 1.17. The van der Waals surface area contributed by atoms with E-state index < -0.39 is 6.10 Å². The van der Waals surface area contributed by atoms with E-state index in [1.165, 1.54) is 18.4 Å². The number of nitriles is 1. The van der Waals surface area contributed by atoms with Crippen molar-refractivity contribution in [2.75, 3.05) is 20.2 Å². The van der Waals surface area contributed by atoms with E-state index in [0.717, 1.165) is 48.1 Å². The average molecular weight is 456 g/mol. The summed E-state index contributed by atoms with van der Waals surface area (Å²) in [5.41, 5.74) is 3.19. The molecule has 2 aliphatic rings. The largest absolute Gasteiger partial charge is 0.497 e. The fourth-order valence-corrected chi connectivity index (χ4v) is 5.82. The molecule has 1 unspecified atom stereocenters. The minimum Gasteiger partial charge on any atom is -0.497 e. The molecular formula is C29H33N3O2. The van der Waals surface area contributed by atoms with Gasteiger partial charge in [0.05, 0.1) is 30.7 Å². The van der Waals surface area contributed by atoms with Crippen LogP contribution in [0.4, 0.5) is 0 Å². The maximum absolute atomic E-state index is 11.0. The van der Waals surface area contributed by atoms with Crippen LogP contribution in [0.2, 0.25) is 0 Å². The van der Waals surface area contributed by atoms with Gasteiger partial charge in [0.15, 0.2) is 0 Å². The predicted octanol–water partition coefficient (Wildman–Crippen LogP) is 5.46. The molecule has 0 radical (unpaired) electrons. The molecule has 2 fully saturated rings. The van der Waals surface area contributed by atoms with E-state index in [0.29, 0.717) is 24.3 Å². The van der Waals surface area contributed by atoms with Gasteiger partial charge < -0.3 is 9.84 Å². The summed E-state index contributed by atoms with van der Waals surface area (Å²) in [5.74, 6) is 1.79. The third-order valence-electron chi connectivity index (χ3n) is 8.01. The van der Waals surface area contributed by atoms with E-state index in [9.17, 15) is 10.4 Å². The molecule has 0 bridgehead atoms. The fraction of sp³-hybridized carbons (Fsp3) is 0.448. The molecule has 5 heteroatoms. The van der Waals surface area contributed by atoms with Crippen LogP contribution in [-0.4, -0.2) is 41.2 Å². The zero-order valence-corrected chi connectivity index (χ0v) is 19.8. The van der Waals surface area contributed by atoms with Crippen LogP contribution in [0.15, 0.2) is 60.8 Å². The van der Waals surface area contributed by atoms with Crippen LogP contribution in [0.3, 0.4) is 0 Å². The molecule has 0 spiro atoms. The third-order valence-corrected chi connectivity index (χ3v) is 8.01. The Bertz CT molecular complexity index is 1150. The van der Waals surface area contributed by atoms with Gasteiger partial charge >= 0.3 is 0 Å². The van der Waals surface area contributed by atoms with Crippen molar-refractivity contribution >= 4 is 10.9 Å². The van der Waals surface area contributed by atoms with Crippen molar-refractivity contribution in [3.8, 4) is 11.8 Å². The molecule has 1 saturated carbocycles. The maximum atomic E-state index is 11.0. The number of aliphatic hydroxyl groups excluding tert-OH is 1. The summed E-state index contributed by atoms with van der Waals surface area (Å²) in [6.07, 6.45) is 6.12. The molecule has 3 aromatic rings. The summed E-state index contributed by atoms with van der Waals surface area (Å²) in [7, 11) is 1.65. The molecule has 1 aliphatic heterocycles. The van der Waals surface area contributed by atoms with Crippen LogP contribution in [0.1, 0.15) is 55.3 Å². The quantitative estimate of drug-likeness (QED) is 0.512. The summed E-state index contributed by atoms with van der Waals surface area (Å²) in [5, 5.41) is 21.9. The molecule has 1 N–H and O–H groups in total. The minimum absolute atomic E-state index is 0.0333. The summed E-state index contributed by atoms with van der Waals surface area (Å²) in [4.78, 5) is 6.97. The lowest BCUT2D eigenvalue weighted by atomic mass is 9.73. The molecule has 3 atom stereocenters. The Hall–Kier alpha value is -2.94. The Morgan fingerprint density at radius 2 is 2.00 bits per heavy atom. The lowest BCUT2D eigenvalue weighted by Crippen LogP contribution is -2.50. The lowest BCUT2D eigenvalue weighted by molar-refractivity contribution is 0.0456. The monoisotopic (exact) mass is 455 g/mol. The van der Waals surface area contributed by atoms with Gasteiger partial charge in [0.2, 0.25) is 0 Å². The first-order valence-electron chi connectivity index (χ1n) is 12.5. The van der Waals surface area contributed by atoms with Gasteiger partial charge in [-0.1, -0.05) is 30.3 Å². The van der Waals surface area contributed by atoms with Gasteiger partial charge in [-0.2, -0.15) is 5.26 Å². The second kappa shape index (κ2) is 10.1. The van der Waals surface area contributed by atoms with E-state index in [1.54, 1.807) is 13.3 Å². The van der Waals surface area contributed by atoms with Crippen LogP contribution in [0.25, 0.3) is 10.9 Å². The van der Waals surface area contributed by atoms with Gasteiger partial charge in [-0.3, -0.25) is 9.88 Å². The molecule has 5 rings (SSSR count). The van der Waals surface area contributed by atoms with Crippen LogP contribution in [-0.2, 0) is 0 Å². The highest BCUT2D eigenvalue weighted by Gasteiger charge is 2.39. The van der Waals surface area contributed by atoms with Crippen LogP contribution in [0.5, 0.6) is 5.75 Å². The number of ether oxygens (including phenoxy) is 1. The molecule has 2 aromatic carbocycles. The number of methoxy groups -OCH3 is 1. The van der Waals surface area contributed by atoms with Crippen molar-refractivity contribution in [2.24, 2.45) is 11.8 Å². The molecule has 1 saturated heterocycles. The van der Waals surface area contributed by atoms with E-state index in [-0.39, 0.29) is 5.92 Å². The number of aliphatic hydroxyl groups is 1. The third kappa shape index (κ3) is 4.66. The number of benzene rings is 2. The first kappa shape index (κ1) is 22.8. The number of nitrogens with zero attached hydrogens (tertiary/aromatic N) is 3. The van der Waals surface area contributed by atoms with Crippen LogP contribution in [0, 0.1) is 23.2 Å². The normalized spacial score (nSPS) is 25.9. The van der Waals surface area contributed by atoms with E-state index in [1.807, 2.05) is 24.3 Å². The summed E-state index contributed by atoms with van der Waals surface area (Å²) in [6, 6.07) is 21.6. The van der Waals surface area contributed by atoms with Crippen LogP contribution >= 0.6 is 0 Å². The van der Waals surface area contributed by atoms with Gasteiger partial charge in [-0.05, 0) is 85.9 Å². The highest BCUT2D eigenvalue weighted by atomic mass is 16.5. The van der Waals surface area contributed by atoms with Crippen LogP contribution < -0.4 is 4.74 Å². The Kier molecular flexibility index (Phi) is 6.80. The molecule has 1 aliphatic carbocycles. The lowest BCUT2D eigenvalue weighted by Gasteiger charge is -2.47. The molecule has 0 amide bonds. The van der Waals surface area contributed by atoms with Gasteiger partial charge in [0.1, 0.15) is 5.75 Å². The molecular weight excluding hydrogens is 422 g/mol. The number of piperidine rings is 1. The standard InChI is InChI=1S/C29H33N3O2/c1-34-25-8-9-28-27(17-25)26(11-13-31-28)29(33)10-7-21-12-14-32(19-23(21)18-30)24-15-22(16-24)20-5-3-2-4-6-20/h2-6,8-9,11,13,17,21-24,29,33H,7,10,12,14-16,19H2,1H3/t21-,22?,23+,24?,29?/m1/s1. The predicted molar refractivity (Wildman–Crippen MR) is 133 cm³/mol. The highest BCUT2D eigenvalue weighted by Crippen LogP contribution is 2.42. The SMILES string of the molecule is COc1ccc2nccc(C(O)CC[C@@H]3CCN(C4CC(c5ccccc5)C4)C[C@@H]3C#N)c2c1. The number of aromatic nitrogens is 1. The maximum Gasteiger partial charge on any atom is 0.119 e. The van der Waals surface area contributed by atoms with Gasteiger partial charge in [0, 0.05) is 24.2 Å². The first-order valence-corrected chi connectivity index (χ1v) is 12.5. The van der Waals surface area contributed by atoms with E-state index in [4.69, 9.17) is 4.74 Å². The van der Waals surface area contributed by atoms with Gasteiger partial charge in [-0.15, -0.1) is 0 Å². The van der Waals surface area contributed by atoms with Crippen molar-refractivity contribution in [1.29, 1.82) is 5.26 Å². The Labute approximate surface area is 202 Å². The average Bonchev–Trinajstić information content (AvgIpc) is 2.86. The number of likely N-dealkylation sites (tertiary alicyclic amines) is 1. The smallest absolute Gasteiger partial charge is 0.119 e. The first-order chi connectivity index (χ1) is 16.7. The number of hydrogen-bond donors (Lipinski definition) is 1. The number of fused-ring (bicyclic) bond motifs is 1. The number of rotatable bonds is 7. The van der Waals surface area contributed by atoms with E-state index >= 15 is 0 Å². The Morgan fingerprint density at radius 3 is 2.76 bits per heavy atom. The van der Waals surface area contributed by atoms with Gasteiger partial charge in [0.25, 0.3) is 0 Å². The summed E-state index contributed by atoms with van der Waals surface area (Å²) < 4.78 is 5.37. The zero-order valence-electron chi connectivity index (χ0n) is 19.8. The van der Waals surface area contributed by atoms with Crippen molar-refractivity contribution in [3.05, 3.63) is 71.9 Å². The molecule has 5 nitrogen and oxygen atoms in total. The molecule has 176 valence electrons. The second-order valence-electron chi connectivity index (χ2n) is 9.89. The topological polar surface area (TPSA) is 69.4 Å². The second-order valence-corrected chi connectivity index (χ2v) is 9.89. The molecule has 1 aromatic heterocycles. The summed E-state index contributed by atoms with van der Waals surface area (Å²) >= 11 is 0. The Morgan fingerprint density at radius 1 is 1.18 bits per heavy atom. The van der Waals surface area contributed by atoms with Crippen molar-refractivity contribution in [2.45, 2.75) is 50.2 Å². The number of pyridine rings is 1. The fourth-order valence-electron chi connectivity index (χ4n) is 5.82. The number of hydrogen-bond acceptors (Lipinski definition) is 5. The van der Waals surface area contributed by atoms with Gasteiger partial charge in [-0.25, -0.2) is 0 Å². The zero-order chi connectivity index (χ0) is 23.5. The highest BCUT2D eigenvalue weighted by molar-refractivity contribution is 5.83. The van der Waals surface area contributed by atoms with Crippen molar-refractivity contribution in [1.82, 2.24) is 9.88 Å².